The molecule has 0 fully saturated rings. The van der Waals surface area contributed by atoms with Crippen molar-refractivity contribution in [3.8, 4) is 11.1 Å². The number of alkyl carbamates (subject to hydrolysis) is 1. The molecule has 1 aliphatic carbocycles. The minimum absolute atomic E-state index is 0.0390. The summed E-state index contributed by atoms with van der Waals surface area (Å²) in [5.41, 5.74) is 4.56. The SMILES string of the molecule is CSCCCC(NC(=O)OCC1c2ccccc2-c2ccccc21)C(=O)O. The van der Waals surface area contributed by atoms with Gasteiger partial charge in [-0.05, 0) is 47.1 Å². The first kappa shape index (κ1) is 19.3. The Hall–Kier alpha value is -2.47. The lowest BCUT2D eigenvalue weighted by atomic mass is 9.98. The Morgan fingerprint density at radius 2 is 1.70 bits per heavy atom. The van der Waals surface area contributed by atoms with Gasteiger partial charge in [-0.1, -0.05) is 48.5 Å². The topological polar surface area (TPSA) is 75.6 Å². The van der Waals surface area contributed by atoms with Crippen molar-refractivity contribution in [1.29, 1.82) is 0 Å². The maximum Gasteiger partial charge on any atom is 0.407 e. The Balaban J connectivity index is 1.64. The monoisotopic (exact) mass is 385 g/mol. The molecule has 3 rings (SSSR count). The summed E-state index contributed by atoms with van der Waals surface area (Å²) in [7, 11) is 0. The number of carboxylic acids is 1. The van der Waals surface area contributed by atoms with Gasteiger partial charge in [-0.25, -0.2) is 9.59 Å². The molecule has 6 heteroatoms. The van der Waals surface area contributed by atoms with E-state index in [1.165, 1.54) is 0 Å². The van der Waals surface area contributed by atoms with Crippen LogP contribution >= 0.6 is 11.8 Å². The number of carbonyl (C=O) groups excluding carboxylic acids is 1. The summed E-state index contributed by atoms with van der Waals surface area (Å²) in [6, 6.07) is 15.3. The molecule has 1 atom stereocenters. The second kappa shape index (κ2) is 8.95. The molecule has 142 valence electrons. The molecule has 1 aliphatic rings. The molecule has 1 amide bonds. The van der Waals surface area contributed by atoms with Crippen LogP contribution in [0.1, 0.15) is 29.9 Å². The summed E-state index contributed by atoms with van der Waals surface area (Å²) in [4.78, 5) is 23.5. The highest BCUT2D eigenvalue weighted by Crippen LogP contribution is 2.44. The van der Waals surface area contributed by atoms with Crippen molar-refractivity contribution in [1.82, 2.24) is 5.32 Å². The van der Waals surface area contributed by atoms with Crippen LogP contribution in [0.2, 0.25) is 0 Å². The summed E-state index contributed by atoms with van der Waals surface area (Å²) in [6.07, 6.45) is 2.39. The first-order valence-corrected chi connectivity index (χ1v) is 10.3. The highest BCUT2D eigenvalue weighted by molar-refractivity contribution is 7.98. The van der Waals surface area contributed by atoms with Gasteiger partial charge >= 0.3 is 12.1 Å². The number of hydrogen-bond donors (Lipinski definition) is 2. The van der Waals surface area contributed by atoms with Crippen molar-refractivity contribution >= 4 is 23.8 Å². The van der Waals surface area contributed by atoms with E-state index in [1.807, 2.05) is 42.7 Å². The van der Waals surface area contributed by atoms with Crippen LogP contribution < -0.4 is 5.32 Å². The fraction of sp³-hybridized carbons (Fsp3) is 0.333. The van der Waals surface area contributed by atoms with E-state index >= 15 is 0 Å². The van der Waals surface area contributed by atoms with Crippen LogP contribution in [0.15, 0.2) is 48.5 Å². The van der Waals surface area contributed by atoms with Crippen LogP contribution in [-0.2, 0) is 9.53 Å². The average molecular weight is 385 g/mol. The molecule has 0 bridgehead atoms. The lowest BCUT2D eigenvalue weighted by Gasteiger charge is -2.17. The molecule has 0 heterocycles. The average Bonchev–Trinajstić information content (AvgIpc) is 2.99. The van der Waals surface area contributed by atoms with E-state index in [1.54, 1.807) is 11.8 Å². The third-order valence-electron chi connectivity index (χ3n) is 4.78. The lowest BCUT2D eigenvalue weighted by Crippen LogP contribution is -2.41. The van der Waals surface area contributed by atoms with Gasteiger partial charge in [0.25, 0.3) is 0 Å². The molecule has 0 spiro atoms. The van der Waals surface area contributed by atoms with Crippen LogP contribution in [0.5, 0.6) is 0 Å². The standard InChI is InChI=1S/C21H23NO4S/c1-27-12-6-11-19(20(23)24)22-21(25)26-13-18-16-9-4-2-7-14(16)15-8-3-5-10-17(15)18/h2-5,7-10,18-19H,6,11-13H2,1H3,(H,22,25)(H,23,24). The molecule has 27 heavy (non-hydrogen) atoms. The van der Waals surface area contributed by atoms with Crippen LogP contribution in [0.4, 0.5) is 4.79 Å². The van der Waals surface area contributed by atoms with Gasteiger partial charge in [-0.3, -0.25) is 0 Å². The van der Waals surface area contributed by atoms with Crippen LogP contribution in [0.25, 0.3) is 11.1 Å². The van der Waals surface area contributed by atoms with Crippen molar-refractivity contribution in [3.63, 3.8) is 0 Å². The summed E-state index contributed by atoms with van der Waals surface area (Å²) < 4.78 is 5.41. The quantitative estimate of drug-likeness (QED) is 0.669. The van der Waals surface area contributed by atoms with Crippen molar-refractivity contribution in [3.05, 3.63) is 59.7 Å². The zero-order chi connectivity index (χ0) is 19.2. The van der Waals surface area contributed by atoms with Crippen LogP contribution in [0.3, 0.4) is 0 Å². The molecule has 0 aliphatic heterocycles. The summed E-state index contributed by atoms with van der Waals surface area (Å²) in [5.74, 6) is -0.219. The number of ether oxygens (including phenoxy) is 1. The van der Waals surface area contributed by atoms with Crippen molar-refractivity contribution in [2.24, 2.45) is 0 Å². The van der Waals surface area contributed by atoms with Gasteiger partial charge in [0.1, 0.15) is 12.6 Å². The number of thioether (sulfide) groups is 1. The van der Waals surface area contributed by atoms with Crippen molar-refractivity contribution in [2.75, 3.05) is 18.6 Å². The summed E-state index contributed by atoms with van der Waals surface area (Å²) >= 11 is 1.65. The number of carboxylic acid groups (broad SMARTS) is 1. The van der Waals surface area contributed by atoms with E-state index in [0.717, 1.165) is 34.4 Å². The van der Waals surface area contributed by atoms with Crippen LogP contribution in [0, 0.1) is 0 Å². The highest BCUT2D eigenvalue weighted by Gasteiger charge is 2.29. The first-order valence-electron chi connectivity index (χ1n) is 8.95. The maximum absolute atomic E-state index is 12.2. The van der Waals surface area contributed by atoms with E-state index in [-0.39, 0.29) is 12.5 Å². The first-order chi connectivity index (χ1) is 13.1. The fourth-order valence-electron chi connectivity index (χ4n) is 3.47. The Bertz CT molecular complexity index is 778. The van der Waals surface area contributed by atoms with Gasteiger partial charge in [0.2, 0.25) is 0 Å². The van der Waals surface area contributed by atoms with Crippen molar-refractivity contribution < 1.29 is 19.4 Å². The molecule has 0 saturated carbocycles. The maximum atomic E-state index is 12.2. The normalized spacial score (nSPS) is 13.5. The minimum Gasteiger partial charge on any atom is -0.480 e. The Morgan fingerprint density at radius 3 is 2.26 bits per heavy atom. The second-order valence-corrected chi connectivity index (χ2v) is 7.48. The van der Waals surface area contributed by atoms with Gasteiger partial charge in [-0.2, -0.15) is 11.8 Å². The van der Waals surface area contributed by atoms with Gasteiger partial charge in [0.15, 0.2) is 0 Å². The number of benzene rings is 2. The van der Waals surface area contributed by atoms with Gasteiger partial charge in [-0.15, -0.1) is 0 Å². The van der Waals surface area contributed by atoms with E-state index in [4.69, 9.17) is 4.74 Å². The molecular weight excluding hydrogens is 362 g/mol. The molecule has 1 unspecified atom stereocenters. The minimum atomic E-state index is -1.04. The third-order valence-corrected chi connectivity index (χ3v) is 5.47. The van der Waals surface area contributed by atoms with E-state index in [0.29, 0.717) is 6.42 Å². The molecule has 0 saturated heterocycles. The highest BCUT2D eigenvalue weighted by atomic mass is 32.2. The van der Waals surface area contributed by atoms with E-state index in [9.17, 15) is 14.7 Å². The van der Waals surface area contributed by atoms with Crippen molar-refractivity contribution in [2.45, 2.75) is 24.8 Å². The Labute approximate surface area is 163 Å². The third kappa shape index (κ3) is 4.45. The zero-order valence-corrected chi connectivity index (χ0v) is 16.0. The number of nitrogens with one attached hydrogen (secondary N) is 1. The molecule has 5 nitrogen and oxygen atoms in total. The number of carbonyl (C=O) groups is 2. The number of fused-ring (bicyclic) bond motifs is 3. The second-order valence-electron chi connectivity index (χ2n) is 6.50. The van der Waals surface area contributed by atoms with Gasteiger partial charge < -0.3 is 15.2 Å². The Morgan fingerprint density at radius 1 is 1.11 bits per heavy atom. The number of rotatable bonds is 8. The lowest BCUT2D eigenvalue weighted by molar-refractivity contribution is -0.139. The predicted octanol–water partition coefficient (Wildman–Crippen LogP) is 4.12. The molecule has 0 aromatic heterocycles. The van der Waals surface area contributed by atoms with Gasteiger partial charge in [0, 0.05) is 5.92 Å². The predicted molar refractivity (Wildman–Crippen MR) is 107 cm³/mol. The molecule has 2 aromatic rings. The van der Waals surface area contributed by atoms with Crippen LogP contribution in [-0.4, -0.2) is 41.8 Å². The molecular formula is C21H23NO4S. The summed E-state index contributed by atoms with van der Waals surface area (Å²) in [5, 5.41) is 11.8. The number of amides is 1. The zero-order valence-electron chi connectivity index (χ0n) is 15.2. The van der Waals surface area contributed by atoms with Gasteiger partial charge in [0.05, 0.1) is 0 Å². The number of hydrogen-bond acceptors (Lipinski definition) is 4. The number of aliphatic carboxylic acids is 1. The van der Waals surface area contributed by atoms with E-state index < -0.39 is 18.1 Å². The smallest absolute Gasteiger partial charge is 0.407 e. The fourth-order valence-corrected chi connectivity index (χ4v) is 3.93. The molecule has 2 aromatic carbocycles. The van der Waals surface area contributed by atoms with E-state index in [2.05, 4.69) is 17.4 Å². The molecule has 0 radical (unpaired) electrons. The molecule has 2 N–H and O–H groups in total. The summed E-state index contributed by atoms with van der Waals surface area (Å²) in [6.45, 7) is 0.178. The Kier molecular flexibility index (Phi) is 6.40. The largest absolute Gasteiger partial charge is 0.480 e.